The van der Waals surface area contributed by atoms with Crippen molar-refractivity contribution in [3.05, 3.63) is 11.1 Å². The van der Waals surface area contributed by atoms with Crippen molar-refractivity contribution in [2.45, 2.75) is 138 Å². The van der Waals surface area contributed by atoms with E-state index in [9.17, 15) is 0 Å². The Kier molecular flexibility index (Phi) is 5.50. The van der Waals surface area contributed by atoms with Gasteiger partial charge in [0.15, 0.2) is 0 Å². The summed E-state index contributed by atoms with van der Waals surface area (Å²) in [5.41, 5.74) is 3.92. The second-order valence-electron chi connectivity index (χ2n) is 16.5. The molecule has 0 radical (unpaired) electrons. The molecule has 188 valence electrons. The predicted molar refractivity (Wildman–Crippen MR) is 145 cm³/mol. The van der Waals surface area contributed by atoms with Gasteiger partial charge in [0.2, 0.25) is 0 Å². The van der Waals surface area contributed by atoms with Crippen molar-refractivity contribution in [2.75, 3.05) is 0 Å². The van der Waals surface area contributed by atoms with Crippen LogP contribution < -0.4 is 0 Å². The number of hydrogen-bond acceptors (Lipinski definition) is 0. The zero-order chi connectivity index (χ0) is 26.2. The summed E-state index contributed by atoms with van der Waals surface area (Å²) >= 11 is 0. The molecule has 3 aliphatic carbocycles. The lowest BCUT2D eigenvalue weighted by Crippen LogP contribution is -2.74. The zero-order valence-corrected chi connectivity index (χ0v) is 26.0. The molecule has 0 amide bonds. The molecular formula is C32H60. The van der Waals surface area contributed by atoms with Gasteiger partial charge in [-0.2, -0.15) is 0 Å². The summed E-state index contributed by atoms with van der Waals surface area (Å²) in [5, 5.41) is 0. The lowest BCUT2D eigenvalue weighted by molar-refractivity contribution is -0.315. The first-order valence-corrected chi connectivity index (χ1v) is 13.2. The summed E-state index contributed by atoms with van der Waals surface area (Å²) in [6.07, 6.45) is 0. The largest absolute Gasteiger partial charge is 0.0676 e. The molecule has 0 nitrogen and oxygen atoms in total. The SMILES string of the molecule is CC1=C(C)C2(C)C(C)(C)C(C)(C)C(C)(C)C(C)(C(C)(C)C1(C)C)C(C)(C)C(C)(C)C2(C)C. The Morgan fingerprint density at radius 3 is 0.875 bits per heavy atom. The van der Waals surface area contributed by atoms with Crippen molar-refractivity contribution in [3.63, 3.8) is 0 Å². The van der Waals surface area contributed by atoms with E-state index in [4.69, 9.17) is 0 Å². The van der Waals surface area contributed by atoms with E-state index in [0.29, 0.717) is 0 Å². The van der Waals surface area contributed by atoms with Crippen LogP contribution in [0.15, 0.2) is 11.1 Å². The molecule has 1 saturated carbocycles. The minimum Gasteiger partial charge on any atom is -0.0676 e. The van der Waals surface area contributed by atoms with Crippen LogP contribution in [0.2, 0.25) is 0 Å². The van der Waals surface area contributed by atoms with Gasteiger partial charge in [-0.3, -0.25) is 0 Å². The van der Waals surface area contributed by atoms with E-state index < -0.39 is 0 Å². The van der Waals surface area contributed by atoms with Crippen LogP contribution in [0, 0.1) is 54.1 Å². The Morgan fingerprint density at radius 2 is 0.594 bits per heavy atom. The summed E-state index contributed by atoms with van der Waals surface area (Å²) in [5.74, 6) is 0. The van der Waals surface area contributed by atoms with Gasteiger partial charge < -0.3 is 0 Å². The van der Waals surface area contributed by atoms with E-state index in [2.05, 4.69) is 138 Å². The van der Waals surface area contributed by atoms with E-state index in [1.54, 1.807) is 11.1 Å². The molecule has 0 N–H and O–H groups in total. The molecule has 0 aromatic carbocycles. The van der Waals surface area contributed by atoms with Gasteiger partial charge in [-0.05, 0) is 68.0 Å². The second-order valence-corrected chi connectivity index (χ2v) is 16.5. The van der Waals surface area contributed by atoms with Gasteiger partial charge in [0.05, 0.1) is 0 Å². The van der Waals surface area contributed by atoms with E-state index in [-0.39, 0.29) is 54.1 Å². The third-order valence-corrected chi connectivity index (χ3v) is 16.3. The summed E-state index contributed by atoms with van der Waals surface area (Å²) in [4.78, 5) is 0. The fraction of sp³-hybridized carbons (Fsp3) is 0.938. The minimum absolute atomic E-state index is 0.0185. The highest BCUT2D eigenvalue weighted by Gasteiger charge is 2.79. The Hall–Kier alpha value is -0.260. The molecule has 0 aromatic heterocycles. The third-order valence-electron chi connectivity index (χ3n) is 16.3. The van der Waals surface area contributed by atoms with Crippen LogP contribution in [0.1, 0.15) is 138 Å². The lowest BCUT2D eigenvalue weighted by atomic mass is 9.24. The molecule has 3 aliphatic rings. The smallest absolute Gasteiger partial charge is 0.000357 e. The fourth-order valence-corrected chi connectivity index (χ4v) is 10.1. The average Bonchev–Trinajstić information content (AvgIpc) is 2.62. The number of rotatable bonds is 0. The molecule has 0 aromatic rings. The molecule has 0 aliphatic heterocycles. The van der Waals surface area contributed by atoms with Crippen molar-refractivity contribution in [1.82, 2.24) is 0 Å². The molecule has 0 unspecified atom stereocenters. The molecule has 0 spiro atoms. The molecule has 0 atom stereocenters. The van der Waals surface area contributed by atoms with Crippen LogP contribution in [-0.4, -0.2) is 0 Å². The Bertz CT molecular complexity index is 789. The van der Waals surface area contributed by atoms with Crippen LogP contribution in [0.3, 0.4) is 0 Å². The highest BCUT2D eigenvalue weighted by molar-refractivity contribution is 5.38. The van der Waals surface area contributed by atoms with E-state index >= 15 is 0 Å². The zero-order valence-electron chi connectivity index (χ0n) is 26.0. The quantitative estimate of drug-likeness (QED) is 0.326. The highest BCUT2D eigenvalue weighted by Crippen LogP contribution is 2.85. The first kappa shape index (κ1) is 28.0. The van der Waals surface area contributed by atoms with Crippen LogP contribution in [-0.2, 0) is 0 Å². The topological polar surface area (TPSA) is 0 Å². The molecule has 0 heteroatoms. The first-order chi connectivity index (χ1) is 13.6. The monoisotopic (exact) mass is 444 g/mol. The van der Waals surface area contributed by atoms with Crippen LogP contribution in [0.5, 0.6) is 0 Å². The molecule has 1 fully saturated rings. The number of fused-ring (bicyclic) bond motifs is 6. The molecule has 0 heterocycles. The van der Waals surface area contributed by atoms with Crippen molar-refractivity contribution < 1.29 is 0 Å². The van der Waals surface area contributed by atoms with Crippen molar-refractivity contribution >= 4 is 0 Å². The molecule has 0 saturated heterocycles. The predicted octanol–water partition coefficient (Wildman–Crippen LogP) is 10.6. The number of hydrogen-bond donors (Lipinski definition) is 0. The van der Waals surface area contributed by atoms with E-state index in [0.717, 1.165) is 0 Å². The third kappa shape index (κ3) is 2.20. The maximum atomic E-state index is 2.68. The van der Waals surface area contributed by atoms with Crippen molar-refractivity contribution in [3.8, 4) is 0 Å². The van der Waals surface area contributed by atoms with E-state index in [1.165, 1.54) is 0 Å². The second kappa shape index (κ2) is 6.29. The minimum atomic E-state index is 0.0185. The average molecular weight is 445 g/mol. The molecule has 32 heavy (non-hydrogen) atoms. The van der Waals surface area contributed by atoms with Crippen molar-refractivity contribution in [2.24, 2.45) is 54.1 Å². The lowest BCUT2D eigenvalue weighted by Gasteiger charge is -2.80. The summed E-state index contributed by atoms with van der Waals surface area (Å²) in [6, 6.07) is 0. The normalized spacial score (nSPS) is 40.1. The maximum Gasteiger partial charge on any atom is -0.000357 e. The maximum absolute atomic E-state index is 2.68. The Labute approximate surface area is 203 Å². The summed E-state index contributed by atoms with van der Waals surface area (Å²) < 4.78 is 0. The van der Waals surface area contributed by atoms with Gasteiger partial charge in [-0.15, -0.1) is 0 Å². The van der Waals surface area contributed by atoms with Gasteiger partial charge in [0, 0.05) is 0 Å². The first-order valence-electron chi connectivity index (χ1n) is 13.2. The van der Waals surface area contributed by atoms with Crippen LogP contribution in [0.4, 0.5) is 0 Å². The Morgan fingerprint density at radius 1 is 0.312 bits per heavy atom. The van der Waals surface area contributed by atoms with Gasteiger partial charge >= 0.3 is 0 Å². The standard InChI is InChI=1S/C32H60/c1-21-22(2)31(19)27(11,12)25(7,8)29(15,16)32(20,24(5,6)23(21,3)4)30(17,18)26(9,10)28(31,13)14/h1-20H3. The molecule has 2 bridgehead atoms. The van der Waals surface area contributed by atoms with Gasteiger partial charge in [0.25, 0.3) is 0 Å². The molecule has 3 rings (SSSR count). The summed E-state index contributed by atoms with van der Waals surface area (Å²) in [7, 11) is 0. The highest BCUT2D eigenvalue weighted by atomic mass is 14.8. The summed E-state index contributed by atoms with van der Waals surface area (Å²) in [6.45, 7) is 51.9. The Balaban J connectivity index is 3.53. The number of allylic oxidation sites excluding steroid dienone is 2. The van der Waals surface area contributed by atoms with Gasteiger partial charge in [-0.25, -0.2) is 0 Å². The fourth-order valence-electron chi connectivity index (χ4n) is 10.1. The van der Waals surface area contributed by atoms with Crippen molar-refractivity contribution in [1.29, 1.82) is 0 Å². The van der Waals surface area contributed by atoms with Crippen LogP contribution in [0.25, 0.3) is 0 Å². The molecular weight excluding hydrogens is 384 g/mol. The van der Waals surface area contributed by atoms with Gasteiger partial charge in [-0.1, -0.05) is 136 Å². The van der Waals surface area contributed by atoms with Crippen LogP contribution >= 0.6 is 0 Å². The van der Waals surface area contributed by atoms with E-state index in [1.807, 2.05) is 0 Å². The van der Waals surface area contributed by atoms with Gasteiger partial charge in [0.1, 0.15) is 0 Å².